The quantitative estimate of drug-likeness (QED) is 0.664. The van der Waals surface area contributed by atoms with Crippen LogP contribution in [0.1, 0.15) is 12.5 Å². The molecule has 3 nitrogen and oxygen atoms in total. The van der Waals surface area contributed by atoms with Crippen molar-refractivity contribution in [1.82, 2.24) is 4.98 Å². The Balaban J connectivity index is 1.88. The van der Waals surface area contributed by atoms with E-state index >= 15 is 0 Å². The van der Waals surface area contributed by atoms with Crippen molar-refractivity contribution in [3.05, 3.63) is 46.4 Å². The molecule has 0 unspecified atom stereocenters. The Morgan fingerprint density at radius 2 is 2.10 bits per heavy atom. The van der Waals surface area contributed by atoms with Crippen LogP contribution in [-0.2, 0) is 0 Å². The summed E-state index contributed by atoms with van der Waals surface area (Å²) in [6.45, 7) is 4.73. The van der Waals surface area contributed by atoms with Crippen LogP contribution in [0.3, 0.4) is 0 Å². The number of ether oxygens (including phenoxy) is 1. The van der Waals surface area contributed by atoms with E-state index in [-0.39, 0.29) is 0 Å². The second-order valence-corrected chi connectivity index (χ2v) is 6.56. The van der Waals surface area contributed by atoms with E-state index < -0.39 is 0 Å². The van der Waals surface area contributed by atoms with Crippen molar-refractivity contribution in [1.29, 1.82) is 0 Å². The van der Waals surface area contributed by atoms with Gasteiger partial charge < -0.3 is 10.1 Å². The molecule has 0 spiro atoms. The summed E-state index contributed by atoms with van der Waals surface area (Å²) in [6.07, 6.45) is 0. The molecule has 0 saturated heterocycles. The van der Waals surface area contributed by atoms with Crippen LogP contribution in [0, 0.1) is 6.92 Å². The van der Waals surface area contributed by atoms with E-state index in [2.05, 4.69) is 39.2 Å². The summed E-state index contributed by atoms with van der Waals surface area (Å²) in [5.74, 6) is 0.889. The topological polar surface area (TPSA) is 34.1 Å². The SMILES string of the molecule is CCOc1ccc2nc(Nc3ccc(Br)c(C)c3)sc2c1. The van der Waals surface area contributed by atoms with Crippen LogP contribution in [-0.4, -0.2) is 11.6 Å². The molecule has 0 fully saturated rings. The van der Waals surface area contributed by atoms with Crippen LogP contribution < -0.4 is 10.1 Å². The molecular weight excluding hydrogens is 348 g/mol. The highest BCUT2D eigenvalue weighted by molar-refractivity contribution is 9.10. The Morgan fingerprint density at radius 1 is 1.24 bits per heavy atom. The van der Waals surface area contributed by atoms with Gasteiger partial charge in [0, 0.05) is 10.2 Å². The van der Waals surface area contributed by atoms with Crippen LogP contribution in [0.25, 0.3) is 10.2 Å². The van der Waals surface area contributed by atoms with Crippen LogP contribution in [0.4, 0.5) is 10.8 Å². The molecule has 0 aliphatic rings. The summed E-state index contributed by atoms with van der Waals surface area (Å²) >= 11 is 5.14. The van der Waals surface area contributed by atoms with Crippen molar-refractivity contribution < 1.29 is 4.74 Å². The Hall–Kier alpha value is -1.59. The highest BCUT2D eigenvalue weighted by atomic mass is 79.9. The number of nitrogens with one attached hydrogen (secondary N) is 1. The minimum absolute atomic E-state index is 0.674. The number of rotatable bonds is 4. The van der Waals surface area contributed by atoms with Gasteiger partial charge in [-0.05, 0) is 55.8 Å². The highest BCUT2D eigenvalue weighted by Gasteiger charge is 2.06. The first-order valence-corrected chi connectivity index (χ1v) is 8.33. The Kier molecular flexibility index (Phi) is 4.12. The fourth-order valence-electron chi connectivity index (χ4n) is 2.06. The predicted molar refractivity (Wildman–Crippen MR) is 93.0 cm³/mol. The molecule has 0 bridgehead atoms. The summed E-state index contributed by atoms with van der Waals surface area (Å²) in [6, 6.07) is 12.2. The Labute approximate surface area is 136 Å². The van der Waals surface area contributed by atoms with Gasteiger partial charge in [-0.15, -0.1) is 0 Å². The average Bonchev–Trinajstić information content (AvgIpc) is 2.85. The van der Waals surface area contributed by atoms with E-state index in [0.29, 0.717) is 6.61 Å². The van der Waals surface area contributed by atoms with Gasteiger partial charge >= 0.3 is 0 Å². The lowest BCUT2D eigenvalue weighted by molar-refractivity contribution is 0.341. The summed E-state index contributed by atoms with van der Waals surface area (Å²) in [7, 11) is 0. The maximum absolute atomic E-state index is 5.52. The largest absolute Gasteiger partial charge is 0.494 e. The molecule has 5 heteroatoms. The lowest BCUT2D eigenvalue weighted by atomic mass is 10.2. The van der Waals surface area contributed by atoms with Crippen molar-refractivity contribution in [3.8, 4) is 5.75 Å². The summed E-state index contributed by atoms with van der Waals surface area (Å²) in [4.78, 5) is 4.60. The minimum atomic E-state index is 0.674. The van der Waals surface area contributed by atoms with Gasteiger partial charge in [0.15, 0.2) is 5.13 Å². The van der Waals surface area contributed by atoms with Gasteiger partial charge in [0.2, 0.25) is 0 Å². The number of fused-ring (bicyclic) bond motifs is 1. The molecule has 0 aliphatic carbocycles. The number of anilines is 2. The number of benzene rings is 2. The molecule has 2 aromatic carbocycles. The number of aromatic nitrogens is 1. The van der Waals surface area contributed by atoms with E-state index in [9.17, 15) is 0 Å². The standard InChI is InChI=1S/C16H15BrN2OS/c1-3-20-12-5-7-14-15(9-12)21-16(19-14)18-11-4-6-13(17)10(2)8-11/h4-9H,3H2,1-2H3,(H,18,19). The second-order valence-electron chi connectivity index (χ2n) is 4.67. The van der Waals surface area contributed by atoms with Crippen LogP contribution in [0.15, 0.2) is 40.9 Å². The molecule has 3 rings (SSSR count). The monoisotopic (exact) mass is 362 g/mol. The van der Waals surface area contributed by atoms with E-state index in [0.717, 1.165) is 31.3 Å². The van der Waals surface area contributed by atoms with E-state index in [4.69, 9.17) is 4.74 Å². The van der Waals surface area contributed by atoms with Crippen molar-refractivity contribution in [3.63, 3.8) is 0 Å². The molecule has 1 aromatic heterocycles. The normalized spacial score (nSPS) is 10.8. The number of thiazole rings is 1. The number of halogens is 1. The van der Waals surface area contributed by atoms with Gasteiger partial charge in [0.25, 0.3) is 0 Å². The Morgan fingerprint density at radius 3 is 2.86 bits per heavy atom. The van der Waals surface area contributed by atoms with Gasteiger partial charge in [-0.3, -0.25) is 0 Å². The van der Waals surface area contributed by atoms with Gasteiger partial charge in [-0.1, -0.05) is 27.3 Å². The maximum Gasteiger partial charge on any atom is 0.188 e. The molecular formula is C16H15BrN2OS. The molecule has 0 atom stereocenters. The number of aryl methyl sites for hydroxylation is 1. The molecule has 3 aromatic rings. The zero-order valence-electron chi connectivity index (χ0n) is 11.8. The molecule has 0 saturated carbocycles. The van der Waals surface area contributed by atoms with E-state index in [1.54, 1.807) is 11.3 Å². The van der Waals surface area contributed by atoms with Gasteiger partial charge in [0.1, 0.15) is 5.75 Å². The van der Waals surface area contributed by atoms with Crippen LogP contribution in [0.2, 0.25) is 0 Å². The molecule has 108 valence electrons. The van der Waals surface area contributed by atoms with Crippen molar-refractivity contribution in [2.75, 3.05) is 11.9 Å². The van der Waals surface area contributed by atoms with E-state index in [1.807, 2.05) is 37.3 Å². The number of hydrogen-bond acceptors (Lipinski definition) is 4. The van der Waals surface area contributed by atoms with Gasteiger partial charge in [-0.25, -0.2) is 4.98 Å². The molecule has 1 heterocycles. The van der Waals surface area contributed by atoms with Crippen molar-refractivity contribution in [2.45, 2.75) is 13.8 Å². The average molecular weight is 363 g/mol. The van der Waals surface area contributed by atoms with Crippen LogP contribution in [0.5, 0.6) is 5.75 Å². The van der Waals surface area contributed by atoms with Crippen molar-refractivity contribution >= 4 is 48.3 Å². The van der Waals surface area contributed by atoms with Crippen LogP contribution >= 0.6 is 27.3 Å². The molecule has 0 amide bonds. The highest BCUT2D eigenvalue weighted by Crippen LogP contribution is 2.31. The smallest absolute Gasteiger partial charge is 0.188 e. The summed E-state index contributed by atoms with van der Waals surface area (Å²) in [5, 5.41) is 4.25. The molecule has 0 radical (unpaired) electrons. The predicted octanol–water partition coefficient (Wildman–Crippen LogP) is 5.51. The minimum Gasteiger partial charge on any atom is -0.494 e. The fourth-order valence-corrected chi connectivity index (χ4v) is 3.22. The zero-order chi connectivity index (χ0) is 14.8. The number of hydrogen-bond donors (Lipinski definition) is 1. The van der Waals surface area contributed by atoms with Gasteiger partial charge in [-0.2, -0.15) is 0 Å². The third-order valence-corrected chi connectivity index (χ3v) is 4.90. The Bertz CT molecular complexity index is 785. The first-order chi connectivity index (χ1) is 10.2. The first kappa shape index (κ1) is 14.4. The lowest BCUT2D eigenvalue weighted by Gasteiger charge is -2.04. The second kappa shape index (κ2) is 6.03. The third-order valence-electron chi connectivity index (χ3n) is 3.08. The zero-order valence-corrected chi connectivity index (χ0v) is 14.2. The molecule has 21 heavy (non-hydrogen) atoms. The summed E-state index contributed by atoms with van der Waals surface area (Å²) in [5.41, 5.74) is 3.22. The van der Waals surface area contributed by atoms with Gasteiger partial charge in [0.05, 0.1) is 16.8 Å². The first-order valence-electron chi connectivity index (χ1n) is 6.72. The lowest BCUT2D eigenvalue weighted by Crippen LogP contribution is -1.90. The maximum atomic E-state index is 5.52. The summed E-state index contributed by atoms with van der Waals surface area (Å²) < 4.78 is 7.76. The van der Waals surface area contributed by atoms with Crippen molar-refractivity contribution in [2.24, 2.45) is 0 Å². The third kappa shape index (κ3) is 3.19. The molecule has 0 aliphatic heterocycles. The van der Waals surface area contributed by atoms with E-state index in [1.165, 1.54) is 5.56 Å². The fraction of sp³-hybridized carbons (Fsp3) is 0.188. The number of nitrogens with zero attached hydrogens (tertiary/aromatic N) is 1. The molecule has 1 N–H and O–H groups in total.